The van der Waals surface area contributed by atoms with E-state index < -0.39 is 24.8 Å². The Hall–Kier alpha value is 2.17. The molecule has 0 saturated heterocycles. The van der Waals surface area contributed by atoms with E-state index in [9.17, 15) is 19.8 Å². The quantitative estimate of drug-likeness (QED) is 0.432. The molecule has 0 spiro atoms. The summed E-state index contributed by atoms with van der Waals surface area (Å²) in [5, 5.41) is 19.0. The van der Waals surface area contributed by atoms with Gasteiger partial charge in [0, 0.05) is 11.9 Å². The predicted molar refractivity (Wildman–Crippen MR) is 22.9 cm³/mol. The molecule has 0 aromatic rings. The molecule has 0 aliphatic carbocycles. The average Bonchev–Trinajstić information content (AvgIpc) is 1.61. The van der Waals surface area contributed by atoms with Crippen LogP contribution in [0.3, 0.4) is 0 Å². The van der Waals surface area contributed by atoms with Crippen molar-refractivity contribution in [1.82, 2.24) is 0 Å². The van der Waals surface area contributed by atoms with E-state index in [1.807, 2.05) is 0 Å². The van der Waals surface area contributed by atoms with Gasteiger partial charge in [0.05, 0.1) is 0 Å². The van der Waals surface area contributed by atoms with Gasteiger partial charge in [-0.15, -0.1) is 0 Å². The maximum absolute atomic E-state index is 9.50. The van der Waals surface area contributed by atoms with Crippen LogP contribution in [0.15, 0.2) is 0 Å². The average molecular weight is 212 g/mol. The number of carboxylic acids is 2. The number of carbonyl (C=O) groups is 2. The van der Waals surface area contributed by atoms with Gasteiger partial charge in [0.15, 0.2) is 0 Å². The Bertz CT molecular complexity index is 101. The van der Waals surface area contributed by atoms with E-state index in [2.05, 4.69) is 0 Å². The van der Waals surface area contributed by atoms with Crippen molar-refractivity contribution in [1.29, 1.82) is 0 Å². The second-order valence-electron chi connectivity index (χ2n) is 1.24. The Balaban J connectivity index is -0.0000000817. The zero-order valence-corrected chi connectivity index (χ0v) is 12.8. The molecule has 54 valence electrons. The van der Waals surface area contributed by atoms with Gasteiger partial charge in [-0.25, -0.2) is 0 Å². The molecule has 0 amide bonds. The van der Waals surface area contributed by atoms with Gasteiger partial charge in [0.1, 0.15) is 0 Å². The third kappa shape index (κ3) is 24.5. The van der Waals surface area contributed by atoms with Crippen LogP contribution in [0, 0.1) is 0 Å². The number of carbonyl (C=O) groups excluding carboxylic acids is 2. The number of rotatable bonds is 3. The van der Waals surface area contributed by atoms with Crippen molar-refractivity contribution in [3.8, 4) is 0 Å². The molecule has 0 unspecified atom stereocenters. The molecular weight excluding hydrogens is 206 g/mol. The van der Waals surface area contributed by atoms with Crippen LogP contribution in [0.4, 0.5) is 0 Å². The fourth-order valence-corrected chi connectivity index (χ4v) is 0.204. The van der Waals surface area contributed by atoms with Crippen molar-refractivity contribution >= 4 is 11.9 Å². The first-order chi connectivity index (χ1) is 3.63. The molecule has 0 aromatic carbocycles. The third-order valence-electron chi connectivity index (χ3n) is 0.533. The van der Waals surface area contributed by atoms with Crippen LogP contribution in [-0.2, 0) is 9.59 Å². The van der Waals surface area contributed by atoms with Crippen molar-refractivity contribution in [3.05, 3.63) is 0 Å². The van der Waals surface area contributed by atoms with E-state index in [0.29, 0.717) is 0 Å². The minimum Gasteiger partial charge on any atom is -0.550 e. The fourth-order valence-electron chi connectivity index (χ4n) is 0.204. The molecule has 2 N–H and O–H groups in total. The molecule has 0 fully saturated rings. The zero-order chi connectivity index (χ0) is 6.57. The van der Waals surface area contributed by atoms with Gasteiger partial charge in [-0.1, -0.05) is 0 Å². The summed E-state index contributed by atoms with van der Waals surface area (Å²) in [7, 11) is 0. The monoisotopic (exact) mass is 212 g/mol. The van der Waals surface area contributed by atoms with Crippen LogP contribution >= 0.6 is 0 Å². The maximum Gasteiger partial charge on any atom is 1.00 e. The first-order valence-corrected chi connectivity index (χ1v) is 2.02. The largest absolute Gasteiger partial charge is 1.00 e. The normalized spacial score (nSPS) is 6.18. The first kappa shape index (κ1) is 23.2. The van der Waals surface area contributed by atoms with Crippen molar-refractivity contribution < 1.29 is 128 Å². The summed E-state index contributed by atoms with van der Waals surface area (Å²) in [6.45, 7) is 0. The summed E-state index contributed by atoms with van der Waals surface area (Å²) in [5.41, 5.74) is 0. The van der Waals surface area contributed by atoms with Crippen molar-refractivity contribution in [2.75, 3.05) is 0 Å². The number of hydrogen-bond acceptors (Lipinski definition) is 4. The Morgan fingerprint density at radius 1 is 0.909 bits per heavy atom. The molecule has 5 nitrogen and oxygen atoms in total. The van der Waals surface area contributed by atoms with Crippen molar-refractivity contribution in [2.45, 2.75) is 12.8 Å². The van der Waals surface area contributed by atoms with Crippen LogP contribution in [0.5, 0.6) is 0 Å². The predicted octanol–water partition coefficient (Wildman–Crippen LogP) is -9.55. The van der Waals surface area contributed by atoms with Crippen LogP contribution in [0.25, 0.3) is 0 Å². The van der Waals surface area contributed by atoms with Gasteiger partial charge in [-0.2, -0.15) is 0 Å². The second kappa shape index (κ2) is 14.7. The molecule has 11 heavy (non-hydrogen) atoms. The Morgan fingerprint density at radius 2 is 1.09 bits per heavy atom. The smallest absolute Gasteiger partial charge is 0.550 e. The van der Waals surface area contributed by atoms with E-state index in [1.54, 1.807) is 0 Å². The van der Waals surface area contributed by atoms with Crippen molar-refractivity contribution in [2.24, 2.45) is 0 Å². The van der Waals surface area contributed by atoms with E-state index >= 15 is 0 Å². The van der Waals surface area contributed by atoms with Gasteiger partial charge in [-0.3, -0.25) is 0 Å². The zero-order valence-electron chi connectivity index (χ0n) is 6.55. The Labute approximate surface area is 149 Å². The molecule has 0 heterocycles. The summed E-state index contributed by atoms with van der Waals surface area (Å²) in [6.07, 6.45) is -0.940. The van der Waals surface area contributed by atoms with Crippen molar-refractivity contribution in [3.63, 3.8) is 0 Å². The Kier molecular flexibility index (Phi) is 31.0. The fraction of sp³-hybridized carbons (Fsp3) is 0.500. The van der Waals surface area contributed by atoms with E-state index in [0.717, 1.165) is 0 Å². The van der Waals surface area contributed by atoms with Gasteiger partial charge in [0.25, 0.3) is 0 Å². The van der Waals surface area contributed by atoms with E-state index in [1.165, 1.54) is 0 Å². The SMILES string of the molecule is O.O=C([O-])CCC(=O)[O-].[K+].[K+]. The molecule has 7 heteroatoms. The first-order valence-electron chi connectivity index (χ1n) is 2.02. The third-order valence-corrected chi connectivity index (χ3v) is 0.533. The number of hydrogen-bond donors (Lipinski definition) is 0. The minimum atomic E-state index is -1.37. The Morgan fingerprint density at radius 3 is 1.18 bits per heavy atom. The van der Waals surface area contributed by atoms with Crippen LogP contribution < -0.4 is 113 Å². The molecule has 0 atom stereocenters. The molecular formula is C4H6K2O5. The standard InChI is InChI=1S/C4H6O4.2K.H2O/c5-3(6)1-2-4(7)8;;;/h1-2H2,(H,5,6)(H,7,8);;;1H2/q;2*+1;/p-2. The summed E-state index contributed by atoms with van der Waals surface area (Å²) < 4.78 is 0. The molecule has 0 aromatic heterocycles. The van der Waals surface area contributed by atoms with Gasteiger partial charge < -0.3 is 25.3 Å². The maximum atomic E-state index is 9.50. The van der Waals surface area contributed by atoms with Crippen LogP contribution in [0.1, 0.15) is 12.8 Å². The molecule has 0 rings (SSSR count). The topological polar surface area (TPSA) is 112 Å². The summed E-state index contributed by atoms with van der Waals surface area (Å²) in [5.74, 6) is -2.73. The molecule has 0 aliphatic rings. The number of aliphatic carboxylic acids is 2. The van der Waals surface area contributed by atoms with Gasteiger partial charge in [0.2, 0.25) is 0 Å². The van der Waals surface area contributed by atoms with E-state index in [4.69, 9.17) is 0 Å². The van der Waals surface area contributed by atoms with E-state index in [-0.39, 0.29) is 108 Å². The van der Waals surface area contributed by atoms with Gasteiger partial charge in [-0.05, 0) is 12.8 Å². The summed E-state index contributed by atoms with van der Waals surface area (Å²) in [4.78, 5) is 19.0. The summed E-state index contributed by atoms with van der Waals surface area (Å²) in [6, 6.07) is 0. The molecule has 0 bridgehead atoms. The van der Waals surface area contributed by atoms with Crippen LogP contribution in [0.2, 0.25) is 0 Å². The van der Waals surface area contributed by atoms with Crippen LogP contribution in [-0.4, -0.2) is 17.4 Å². The molecule has 0 aliphatic heterocycles. The number of carboxylic acid groups (broad SMARTS) is 2. The second-order valence-corrected chi connectivity index (χ2v) is 1.24. The van der Waals surface area contributed by atoms with Gasteiger partial charge >= 0.3 is 103 Å². The molecule has 0 radical (unpaired) electrons. The summed E-state index contributed by atoms with van der Waals surface area (Å²) >= 11 is 0. The molecule has 0 saturated carbocycles. The minimum absolute atomic E-state index is 0.